The first-order valence-electron chi connectivity index (χ1n) is 7.59. The highest BCUT2D eigenvalue weighted by molar-refractivity contribution is 7.91. The largest absolute Gasteiger partial charge is 0.356 e. The Balaban J connectivity index is 1.96. The summed E-state index contributed by atoms with van der Waals surface area (Å²) in [6.45, 7) is 2.28. The molecule has 22 heavy (non-hydrogen) atoms. The van der Waals surface area contributed by atoms with Crippen LogP contribution in [-0.4, -0.2) is 44.8 Å². The Morgan fingerprint density at radius 1 is 1.27 bits per heavy atom. The lowest BCUT2D eigenvalue weighted by Gasteiger charge is -2.25. The second-order valence-electron chi connectivity index (χ2n) is 5.35. The molecule has 0 atom stereocenters. The van der Waals surface area contributed by atoms with Gasteiger partial charge in [0.25, 0.3) is 10.0 Å². The fraction of sp³-hybridized carbons (Fsp3) is 0.643. The monoisotopic (exact) mass is 345 g/mol. The van der Waals surface area contributed by atoms with Crippen LogP contribution in [0.2, 0.25) is 0 Å². The van der Waals surface area contributed by atoms with Crippen molar-refractivity contribution in [1.29, 1.82) is 0 Å². The van der Waals surface area contributed by atoms with Crippen molar-refractivity contribution in [2.45, 2.75) is 36.3 Å². The van der Waals surface area contributed by atoms with Crippen LogP contribution in [0.1, 0.15) is 30.6 Å². The zero-order chi connectivity index (χ0) is 16.0. The zero-order valence-electron chi connectivity index (χ0n) is 12.6. The van der Waals surface area contributed by atoms with E-state index >= 15 is 0 Å². The van der Waals surface area contributed by atoms with Crippen molar-refractivity contribution in [3.8, 4) is 0 Å². The molecule has 0 unspecified atom stereocenters. The van der Waals surface area contributed by atoms with E-state index < -0.39 is 10.0 Å². The Morgan fingerprint density at radius 3 is 2.68 bits per heavy atom. The summed E-state index contributed by atoms with van der Waals surface area (Å²) in [6, 6.07) is 3.33. The molecule has 0 aromatic carbocycles. The summed E-state index contributed by atoms with van der Waals surface area (Å²) in [5.41, 5.74) is 5.37. The molecule has 6 nitrogen and oxygen atoms in total. The highest BCUT2D eigenvalue weighted by Crippen LogP contribution is 2.27. The molecule has 1 saturated heterocycles. The van der Waals surface area contributed by atoms with Crippen molar-refractivity contribution in [3.05, 3.63) is 17.0 Å². The SMILES string of the molecule is NCCCNC(=O)Cc1ccc(S(=O)(=O)N2CCCCC2)s1. The number of piperidine rings is 1. The van der Waals surface area contributed by atoms with Gasteiger partial charge >= 0.3 is 0 Å². The Bertz CT molecular complexity index is 592. The first-order chi connectivity index (χ1) is 10.5. The van der Waals surface area contributed by atoms with Gasteiger partial charge in [-0.2, -0.15) is 4.31 Å². The number of hydrogen-bond acceptors (Lipinski definition) is 5. The normalized spacial score (nSPS) is 16.6. The van der Waals surface area contributed by atoms with Gasteiger partial charge in [0, 0.05) is 24.5 Å². The number of hydrogen-bond donors (Lipinski definition) is 2. The predicted molar refractivity (Wildman–Crippen MR) is 87.3 cm³/mol. The molecule has 1 fully saturated rings. The van der Waals surface area contributed by atoms with E-state index in [1.807, 2.05) is 0 Å². The molecule has 2 rings (SSSR count). The van der Waals surface area contributed by atoms with Crippen LogP contribution in [0.4, 0.5) is 0 Å². The van der Waals surface area contributed by atoms with Crippen LogP contribution in [-0.2, 0) is 21.2 Å². The summed E-state index contributed by atoms with van der Waals surface area (Å²) >= 11 is 1.19. The average Bonchev–Trinajstić information content (AvgIpc) is 2.97. The maximum absolute atomic E-state index is 12.5. The summed E-state index contributed by atoms with van der Waals surface area (Å²) in [5, 5.41) is 2.77. The lowest BCUT2D eigenvalue weighted by molar-refractivity contribution is -0.120. The topological polar surface area (TPSA) is 92.5 Å². The Hall–Kier alpha value is -0.960. The molecule has 0 aliphatic carbocycles. The average molecular weight is 345 g/mol. The quantitative estimate of drug-likeness (QED) is 0.719. The molecule has 8 heteroatoms. The molecule has 3 N–H and O–H groups in total. The predicted octanol–water partition coefficient (Wildman–Crippen LogP) is 0.930. The molecule has 1 amide bonds. The number of nitrogens with one attached hydrogen (secondary N) is 1. The van der Waals surface area contributed by atoms with E-state index in [0.717, 1.165) is 30.6 Å². The lowest BCUT2D eigenvalue weighted by atomic mass is 10.2. The minimum atomic E-state index is -3.39. The number of rotatable bonds is 7. The van der Waals surface area contributed by atoms with Crippen LogP contribution in [0.15, 0.2) is 16.3 Å². The van der Waals surface area contributed by atoms with Crippen molar-refractivity contribution < 1.29 is 13.2 Å². The third kappa shape index (κ3) is 4.52. The summed E-state index contributed by atoms with van der Waals surface area (Å²) in [6.07, 6.45) is 3.88. The van der Waals surface area contributed by atoms with Crippen molar-refractivity contribution in [1.82, 2.24) is 9.62 Å². The van der Waals surface area contributed by atoms with E-state index in [4.69, 9.17) is 5.73 Å². The number of nitrogens with zero attached hydrogens (tertiary/aromatic N) is 1. The highest BCUT2D eigenvalue weighted by atomic mass is 32.2. The molecule has 0 bridgehead atoms. The van der Waals surface area contributed by atoms with Crippen molar-refractivity contribution in [2.75, 3.05) is 26.2 Å². The lowest BCUT2D eigenvalue weighted by Crippen LogP contribution is -2.35. The maximum Gasteiger partial charge on any atom is 0.252 e. The summed E-state index contributed by atoms with van der Waals surface area (Å²) in [4.78, 5) is 12.5. The number of thiophene rings is 1. The van der Waals surface area contributed by atoms with Gasteiger partial charge < -0.3 is 11.1 Å². The number of carbonyl (C=O) groups excluding carboxylic acids is 1. The van der Waals surface area contributed by atoms with Crippen LogP contribution in [0.25, 0.3) is 0 Å². The Labute approximate surface area is 135 Å². The Morgan fingerprint density at radius 2 is 2.00 bits per heavy atom. The van der Waals surface area contributed by atoms with Gasteiger partial charge in [-0.25, -0.2) is 8.42 Å². The standard InChI is InChI=1S/C14H23N3O3S2/c15-7-4-8-16-13(18)11-12-5-6-14(21-12)22(19,20)17-9-2-1-3-10-17/h5-6H,1-4,7-11,15H2,(H,16,18). The molecule has 1 aromatic rings. The summed E-state index contributed by atoms with van der Waals surface area (Å²) in [7, 11) is -3.39. The van der Waals surface area contributed by atoms with Crippen LogP contribution < -0.4 is 11.1 Å². The number of sulfonamides is 1. The molecule has 0 spiro atoms. The van der Waals surface area contributed by atoms with Gasteiger partial charge in [0.1, 0.15) is 4.21 Å². The second-order valence-corrected chi connectivity index (χ2v) is 8.69. The van der Waals surface area contributed by atoms with Gasteiger partial charge in [-0.1, -0.05) is 6.42 Å². The van der Waals surface area contributed by atoms with Gasteiger partial charge in [-0.3, -0.25) is 4.79 Å². The van der Waals surface area contributed by atoms with Gasteiger partial charge in [0.2, 0.25) is 5.91 Å². The van der Waals surface area contributed by atoms with E-state index in [-0.39, 0.29) is 12.3 Å². The molecule has 124 valence electrons. The van der Waals surface area contributed by atoms with Crippen LogP contribution in [0.3, 0.4) is 0 Å². The fourth-order valence-corrected chi connectivity index (χ4v) is 5.40. The van der Waals surface area contributed by atoms with E-state index in [1.54, 1.807) is 16.4 Å². The van der Waals surface area contributed by atoms with Gasteiger partial charge in [0.05, 0.1) is 6.42 Å². The minimum Gasteiger partial charge on any atom is -0.356 e. The molecule has 0 radical (unpaired) electrons. The molecule has 0 saturated carbocycles. The second kappa shape index (κ2) is 8.05. The molecular weight excluding hydrogens is 322 g/mol. The Kier molecular flexibility index (Phi) is 6.37. The number of carbonyl (C=O) groups is 1. The summed E-state index contributed by atoms with van der Waals surface area (Å²) in [5.74, 6) is -0.0998. The summed E-state index contributed by atoms with van der Waals surface area (Å²) < 4.78 is 26.9. The van der Waals surface area contributed by atoms with Crippen LogP contribution in [0.5, 0.6) is 0 Å². The molecule has 1 aromatic heterocycles. The van der Waals surface area contributed by atoms with Crippen molar-refractivity contribution in [3.63, 3.8) is 0 Å². The van der Waals surface area contributed by atoms with Gasteiger partial charge in [-0.15, -0.1) is 11.3 Å². The zero-order valence-corrected chi connectivity index (χ0v) is 14.2. The van der Waals surface area contributed by atoms with E-state index in [1.165, 1.54) is 11.3 Å². The van der Waals surface area contributed by atoms with Crippen molar-refractivity contribution in [2.24, 2.45) is 5.73 Å². The first-order valence-corrected chi connectivity index (χ1v) is 9.85. The van der Waals surface area contributed by atoms with Gasteiger partial charge in [0.15, 0.2) is 0 Å². The molecular formula is C14H23N3O3S2. The number of nitrogens with two attached hydrogens (primary N) is 1. The van der Waals surface area contributed by atoms with E-state index in [0.29, 0.717) is 30.4 Å². The van der Waals surface area contributed by atoms with Crippen LogP contribution in [0, 0.1) is 0 Å². The van der Waals surface area contributed by atoms with Crippen LogP contribution >= 0.6 is 11.3 Å². The van der Waals surface area contributed by atoms with E-state index in [2.05, 4.69) is 5.32 Å². The fourth-order valence-electron chi connectivity index (χ4n) is 2.37. The molecule has 2 heterocycles. The highest BCUT2D eigenvalue weighted by Gasteiger charge is 2.27. The number of amides is 1. The molecule has 1 aliphatic heterocycles. The third-order valence-electron chi connectivity index (χ3n) is 3.58. The van der Waals surface area contributed by atoms with Crippen molar-refractivity contribution >= 4 is 27.3 Å². The smallest absolute Gasteiger partial charge is 0.252 e. The maximum atomic E-state index is 12.5. The van der Waals surface area contributed by atoms with Gasteiger partial charge in [-0.05, 0) is 37.9 Å². The molecule has 1 aliphatic rings. The minimum absolute atomic E-state index is 0.0998. The first kappa shape index (κ1) is 17.4. The van der Waals surface area contributed by atoms with E-state index in [9.17, 15) is 13.2 Å². The third-order valence-corrected chi connectivity index (χ3v) is 7.04.